The van der Waals surface area contributed by atoms with Gasteiger partial charge in [-0.2, -0.15) is 0 Å². The largest absolute Gasteiger partial charge is 0.351 e. The summed E-state index contributed by atoms with van der Waals surface area (Å²) in [7, 11) is 0. The summed E-state index contributed by atoms with van der Waals surface area (Å²) in [6.45, 7) is 0.369. The molecule has 2 amide bonds. The zero-order valence-electron chi connectivity index (χ0n) is 15.0. The summed E-state index contributed by atoms with van der Waals surface area (Å²) < 4.78 is 13.0. The lowest BCUT2D eigenvalue weighted by atomic mass is 10.1. The van der Waals surface area contributed by atoms with Crippen LogP contribution in [0.25, 0.3) is 0 Å². The second-order valence-electron chi connectivity index (χ2n) is 6.04. The number of hydrogen-bond acceptors (Lipinski definition) is 3. The third-order valence-electron chi connectivity index (χ3n) is 3.89. The molecular formula is C22H19FN2O2S. The van der Waals surface area contributed by atoms with Crippen molar-refractivity contribution >= 4 is 29.3 Å². The van der Waals surface area contributed by atoms with Gasteiger partial charge in [0, 0.05) is 22.7 Å². The van der Waals surface area contributed by atoms with Gasteiger partial charge in [-0.25, -0.2) is 4.39 Å². The van der Waals surface area contributed by atoms with Crippen molar-refractivity contribution in [2.24, 2.45) is 0 Å². The fourth-order valence-corrected chi connectivity index (χ4v) is 3.23. The Morgan fingerprint density at radius 3 is 2.39 bits per heavy atom. The quantitative estimate of drug-likeness (QED) is 0.581. The topological polar surface area (TPSA) is 58.2 Å². The van der Waals surface area contributed by atoms with Gasteiger partial charge in [0.2, 0.25) is 5.91 Å². The molecule has 0 saturated carbocycles. The molecule has 3 aromatic carbocycles. The highest BCUT2D eigenvalue weighted by molar-refractivity contribution is 8.00. The van der Waals surface area contributed by atoms with Crippen molar-refractivity contribution in [3.8, 4) is 0 Å². The number of rotatable bonds is 7. The number of nitrogens with one attached hydrogen (secondary N) is 2. The van der Waals surface area contributed by atoms with E-state index in [2.05, 4.69) is 10.6 Å². The van der Waals surface area contributed by atoms with Gasteiger partial charge in [0.05, 0.1) is 5.75 Å². The number of anilines is 1. The van der Waals surface area contributed by atoms with E-state index in [-0.39, 0.29) is 17.6 Å². The van der Waals surface area contributed by atoms with E-state index < -0.39 is 0 Å². The van der Waals surface area contributed by atoms with E-state index >= 15 is 0 Å². The van der Waals surface area contributed by atoms with E-state index in [0.717, 1.165) is 10.5 Å². The number of amides is 2. The molecule has 0 aliphatic heterocycles. The van der Waals surface area contributed by atoms with Crippen LogP contribution in [0.15, 0.2) is 83.8 Å². The lowest BCUT2D eigenvalue weighted by Gasteiger charge is -2.09. The second kappa shape index (κ2) is 9.71. The lowest BCUT2D eigenvalue weighted by molar-refractivity contribution is -0.118. The Morgan fingerprint density at radius 1 is 0.893 bits per heavy atom. The smallest absolute Gasteiger partial charge is 0.255 e. The SMILES string of the molecule is O=C(CSc1ccccc1)NCc1cccc(NC(=O)c2ccc(F)cc2)c1. The van der Waals surface area contributed by atoms with Crippen LogP contribution < -0.4 is 10.6 Å². The molecule has 3 aromatic rings. The third kappa shape index (κ3) is 5.96. The van der Waals surface area contributed by atoms with Crippen LogP contribution in [0.5, 0.6) is 0 Å². The molecule has 0 radical (unpaired) electrons. The molecule has 0 bridgehead atoms. The zero-order chi connectivity index (χ0) is 19.8. The van der Waals surface area contributed by atoms with Gasteiger partial charge in [-0.3, -0.25) is 9.59 Å². The molecule has 0 fully saturated rings. The summed E-state index contributed by atoms with van der Waals surface area (Å²) in [6.07, 6.45) is 0. The van der Waals surface area contributed by atoms with Crippen molar-refractivity contribution in [3.63, 3.8) is 0 Å². The summed E-state index contributed by atoms with van der Waals surface area (Å²) in [5.41, 5.74) is 1.85. The highest BCUT2D eigenvalue weighted by Gasteiger charge is 2.07. The van der Waals surface area contributed by atoms with E-state index in [1.807, 2.05) is 36.4 Å². The maximum absolute atomic E-state index is 13.0. The minimum atomic E-state index is -0.389. The minimum Gasteiger partial charge on any atom is -0.351 e. The zero-order valence-corrected chi connectivity index (χ0v) is 15.8. The molecule has 0 aromatic heterocycles. The van der Waals surface area contributed by atoms with Gasteiger partial charge in [-0.1, -0.05) is 30.3 Å². The van der Waals surface area contributed by atoms with Gasteiger partial charge < -0.3 is 10.6 Å². The van der Waals surface area contributed by atoms with Crippen LogP contribution in [0.4, 0.5) is 10.1 Å². The average Bonchev–Trinajstić information content (AvgIpc) is 2.72. The van der Waals surface area contributed by atoms with Crippen LogP contribution in [0.2, 0.25) is 0 Å². The van der Waals surface area contributed by atoms with E-state index in [0.29, 0.717) is 23.5 Å². The lowest BCUT2D eigenvalue weighted by Crippen LogP contribution is -2.24. The summed E-state index contributed by atoms with van der Waals surface area (Å²) in [5, 5.41) is 5.65. The van der Waals surface area contributed by atoms with E-state index in [4.69, 9.17) is 0 Å². The van der Waals surface area contributed by atoms with Crippen molar-refractivity contribution in [1.29, 1.82) is 0 Å². The standard InChI is InChI=1S/C22H19FN2O2S/c23-18-11-9-17(10-12-18)22(27)25-19-6-4-5-16(13-19)14-24-21(26)15-28-20-7-2-1-3-8-20/h1-13H,14-15H2,(H,24,26)(H,25,27). The maximum atomic E-state index is 13.0. The van der Waals surface area contributed by atoms with E-state index in [1.165, 1.54) is 36.0 Å². The molecular weight excluding hydrogens is 375 g/mol. The number of hydrogen-bond donors (Lipinski definition) is 2. The molecule has 3 rings (SSSR count). The van der Waals surface area contributed by atoms with Crippen LogP contribution in [-0.2, 0) is 11.3 Å². The van der Waals surface area contributed by atoms with Crippen LogP contribution >= 0.6 is 11.8 Å². The van der Waals surface area contributed by atoms with E-state index in [9.17, 15) is 14.0 Å². The van der Waals surface area contributed by atoms with Gasteiger partial charge in [0.15, 0.2) is 0 Å². The third-order valence-corrected chi connectivity index (χ3v) is 4.91. The first kappa shape index (κ1) is 19.6. The van der Waals surface area contributed by atoms with Gasteiger partial charge in [-0.15, -0.1) is 11.8 Å². The first-order valence-corrected chi connectivity index (χ1v) is 9.69. The molecule has 0 atom stereocenters. The van der Waals surface area contributed by atoms with Crippen LogP contribution in [0.3, 0.4) is 0 Å². The van der Waals surface area contributed by atoms with Crippen LogP contribution in [-0.4, -0.2) is 17.6 Å². The highest BCUT2D eigenvalue weighted by atomic mass is 32.2. The van der Waals surface area contributed by atoms with E-state index in [1.54, 1.807) is 18.2 Å². The Labute approximate surface area is 167 Å². The maximum Gasteiger partial charge on any atom is 0.255 e. The number of thioether (sulfide) groups is 1. The Bertz CT molecular complexity index is 946. The monoisotopic (exact) mass is 394 g/mol. The first-order chi connectivity index (χ1) is 13.6. The summed E-state index contributed by atoms with van der Waals surface area (Å²) >= 11 is 1.48. The molecule has 0 aliphatic rings. The fraction of sp³-hybridized carbons (Fsp3) is 0.0909. The minimum absolute atomic E-state index is 0.0606. The van der Waals surface area contributed by atoms with Crippen molar-refractivity contribution in [2.45, 2.75) is 11.4 Å². The molecule has 142 valence electrons. The van der Waals surface area contributed by atoms with Crippen molar-refractivity contribution < 1.29 is 14.0 Å². The van der Waals surface area contributed by atoms with Gasteiger partial charge in [0.1, 0.15) is 5.82 Å². The molecule has 0 heterocycles. The molecule has 28 heavy (non-hydrogen) atoms. The average molecular weight is 394 g/mol. The fourth-order valence-electron chi connectivity index (χ4n) is 2.48. The first-order valence-electron chi connectivity index (χ1n) is 8.70. The van der Waals surface area contributed by atoms with Gasteiger partial charge in [-0.05, 0) is 54.1 Å². The number of carbonyl (C=O) groups is 2. The Morgan fingerprint density at radius 2 is 1.64 bits per heavy atom. The van der Waals surface area contributed by atoms with Crippen molar-refractivity contribution in [2.75, 3.05) is 11.1 Å². The Hall–Kier alpha value is -3.12. The number of halogens is 1. The summed E-state index contributed by atoms with van der Waals surface area (Å²) in [6, 6.07) is 22.3. The summed E-state index contributed by atoms with van der Waals surface area (Å²) in [5.74, 6) is -0.430. The second-order valence-corrected chi connectivity index (χ2v) is 7.09. The number of benzene rings is 3. The van der Waals surface area contributed by atoms with Crippen LogP contribution in [0, 0.1) is 5.82 Å². The van der Waals surface area contributed by atoms with Crippen molar-refractivity contribution in [3.05, 3.63) is 95.8 Å². The summed E-state index contributed by atoms with van der Waals surface area (Å²) in [4.78, 5) is 25.3. The molecule has 0 saturated heterocycles. The predicted octanol–water partition coefficient (Wildman–Crippen LogP) is 4.49. The molecule has 4 nitrogen and oxygen atoms in total. The molecule has 0 spiro atoms. The molecule has 6 heteroatoms. The molecule has 2 N–H and O–H groups in total. The number of carbonyl (C=O) groups excluding carboxylic acids is 2. The predicted molar refractivity (Wildman–Crippen MR) is 110 cm³/mol. The van der Waals surface area contributed by atoms with Crippen molar-refractivity contribution in [1.82, 2.24) is 5.32 Å². The molecule has 0 unspecified atom stereocenters. The highest BCUT2D eigenvalue weighted by Crippen LogP contribution is 2.17. The Kier molecular flexibility index (Phi) is 6.81. The molecule has 0 aliphatic carbocycles. The van der Waals surface area contributed by atoms with Gasteiger partial charge >= 0.3 is 0 Å². The van der Waals surface area contributed by atoms with Gasteiger partial charge in [0.25, 0.3) is 5.91 Å². The Balaban J connectivity index is 1.51. The van der Waals surface area contributed by atoms with Crippen LogP contribution in [0.1, 0.15) is 15.9 Å². The normalized spacial score (nSPS) is 10.3.